The van der Waals surface area contributed by atoms with Crippen LogP contribution in [0, 0.1) is 0 Å². The second kappa shape index (κ2) is 7.12. The fraction of sp³-hybridized carbons (Fsp3) is 0.417. The summed E-state index contributed by atoms with van der Waals surface area (Å²) in [6, 6.07) is 7.74. The Morgan fingerprint density at radius 3 is 2.19 bits per heavy atom. The van der Waals surface area contributed by atoms with Crippen LogP contribution in [0.2, 0.25) is 5.02 Å². The van der Waals surface area contributed by atoms with Crippen molar-refractivity contribution in [1.82, 2.24) is 10.6 Å². The number of guanidine groups is 1. The minimum absolute atomic E-state index is 0.659. The molecule has 0 fully saturated rings. The van der Waals surface area contributed by atoms with E-state index in [9.17, 15) is 0 Å². The molecule has 0 aromatic heterocycles. The van der Waals surface area contributed by atoms with Gasteiger partial charge in [0.2, 0.25) is 0 Å². The van der Waals surface area contributed by atoms with Crippen molar-refractivity contribution >= 4 is 17.6 Å². The number of hydrogen-bond donors (Lipinski definition) is 2. The van der Waals surface area contributed by atoms with Gasteiger partial charge in [-0.1, -0.05) is 23.7 Å². The minimum atomic E-state index is 0.659. The van der Waals surface area contributed by atoms with Crippen LogP contribution in [0.1, 0.15) is 19.4 Å². The first-order chi connectivity index (χ1) is 7.76. The van der Waals surface area contributed by atoms with Crippen molar-refractivity contribution in [3.05, 3.63) is 34.9 Å². The molecule has 0 radical (unpaired) electrons. The first-order valence-electron chi connectivity index (χ1n) is 5.53. The maximum Gasteiger partial charge on any atom is 0.191 e. The van der Waals surface area contributed by atoms with Crippen molar-refractivity contribution < 1.29 is 0 Å². The van der Waals surface area contributed by atoms with Crippen molar-refractivity contribution in [2.24, 2.45) is 4.99 Å². The average Bonchev–Trinajstić information content (AvgIpc) is 2.29. The fourth-order valence-corrected chi connectivity index (χ4v) is 1.40. The molecule has 2 N–H and O–H groups in total. The standard InChI is InChI=1S/C12H18ClN3/c1-3-14-12(15-4-2)16-9-10-5-7-11(13)8-6-10/h5-8H,3-4,9H2,1-2H3,(H2,14,15,16). The zero-order valence-electron chi connectivity index (χ0n) is 9.76. The van der Waals surface area contributed by atoms with Crippen LogP contribution < -0.4 is 10.6 Å². The van der Waals surface area contributed by atoms with Gasteiger partial charge in [-0.15, -0.1) is 0 Å². The topological polar surface area (TPSA) is 36.4 Å². The summed E-state index contributed by atoms with van der Waals surface area (Å²) in [5.74, 6) is 0.847. The summed E-state index contributed by atoms with van der Waals surface area (Å²) in [7, 11) is 0. The summed E-state index contributed by atoms with van der Waals surface area (Å²) < 4.78 is 0. The summed E-state index contributed by atoms with van der Waals surface area (Å²) in [4.78, 5) is 4.45. The van der Waals surface area contributed by atoms with Gasteiger partial charge in [-0.2, -0.15) is 0 Å². The Kier molecular flexibility index (Phi) is 5.72. The van der Waals surface area contributed by atoms with Crippen LogP contribution in [0.15, 0.2) is 29.3 Å². The lowest BCUT2D eigenvalue weighted by atomic mass is 10.2. The molecule has 0 aliphatic carbocycles. The third kappa shape index (κ3) is 4.53. The van der Waals surface area contributed by atoms with E-state index in [4.69, 9.17) is 11.6 Å². The van der Waals surface area contributed by atoms with E-state index in [1.807, 2.05) is 24.3 Å². The first kappa shape index (κ1) is 12.8. The first-order valence-corrected chi connectivity index (χ1v) is 5.90. The highest BCUT2D eigenvalue weighted by molar-refractivity contribution is 6.30. The van der Waals surface area contributed by atoms with Crippen molar-refractivity contribution in [2.75, 3.05) is 13.1 Å². The molecule has 0 bridgehead atoms. The summed E-state index contributed by atoms with van der Waals surface area (Å²) in [6.45, 7) is 6.50. The number of nitrogens with one attached hydrogen (secondary N) is 2. The Morgan fingerprint density at radius 2 is 1.69 bits per heavy atom. The van der Waals surface area contributed by atoms with Crippen LogP contribution in [-0.4, -0.2) is 19.0 Å². The quantitative estimate of drug-likeness (QED) is 0.626. The molecular weight excluding hydrogens is 222 g/mol. The van der Waals surface area contributed by atoms with Gasteiger partial charge in [0.25, 0.3) is 0 Å². The molecule has 0 saturated heterocycles. The summed E-state index contributed by atoms with van der Waals surface area (Å²) in [5.41, 5.74) is 1.15. The van der Waals surface area contributed by atoms with Gasteiger partial charge in [-0.25, -0.2) is 4.99 Å². The molecule has 1 aromatic carbocycles. The largest absolute Gasteiger partial charge is 0.357 e. The van der Waals surface area contributed by atoms with Crippen LogP contribution >= 0.6 is 11.6 Å². The number of benzene rings is 1. The second-order valence-electron chi connectivity index (χ2n) is 3.35. The molecule has 0 atom stereocenters. The smallest absolute Gasteiger partial charge is 0.191 e. The Morgan fingerprint density at radius 1 is 1.12 bits per heavy atom. The SMILES string of the molecule is CCNC(=NCc1ccc(Cl)cc1)NCC. The molecule has 1 rings (SSSR count). The van der Waals surface area contributed by atoms with Crippen molar-refractivity contribution in [3.63, 3.8) is 0 Å². The van der Waals surface area contributed by atoms with Gasteiger partial charge >= 0.3 is 0 Å². The highest BCUT2D eigenvalue weighted by Crippen LogP contribution is 2.09. The maximum absolute atomic E-state index is 5.81. The van der Waals surface area contributed by atoms with Gasteiger partial charge in [0.15, 0.2) is 5.96 Å². The van der Waals surface area contributed by atoms with Crippen LogP contribution in [-0.2, 0) is 6.54 Å². The fourth-order valence-electron chi connectivity index (χ4n) is 1.27. The third-order valence-corrected chi connectivity index (χ3v) is 2.27. The van der Waals surface area contributed by atoms with E-state index in [2.05, 4.69) is 29.5 Å². The average molecular weight is 240 g/mol. The molecule has 0 unspecified atom stereocenters. The maximum atomic E-state index is 5.81. The molecule has 0 spiro atoms. The third-order valence-electron chi connectivity index (χ3n) is 2.02. The van der Waals surface area contributed by atoms with Crippen LogP contribution in [0.5, 0.6) is 0 Å². The number of rotatable bonds is 4. The van der Waals surface area contributed by atoms with E-state index >= 15 is 0 Å². The van der Waals surface area contributed by atoms with E-state index in [0.717, 1.165) is 29.6 Å². The lowest BCUT2D eigenvalue weighted by Crippen LogP contribution is -2.36. The molecule has 0 aliphatic heterocycles. The molecule has 3 nitrogen and oxygen atoms in total. The Labute approximate surface area is 102 Å². The zero-order chi connectivity index (χ0) is 11.8. The van der Waals surface area contributed by atoms with Crippen molar-refractivity contribution in [2.45, 2.75) is 20.4 Å². The predicted molar refractivity (Wildman–Crippen MR) is 69.9 cm³/mol. The van der Waals surface area contributed by atoms with Crippen LogP contribution in [0.25, 0.3) is 0 Å². The van der Waals surface area contributed by atoms with E-state index in [1.54, 1.807) is 0 Å². The van der Waals surface area contributed by atoms with Crippen LogP contribution in [0.3, 0.4) is 0 Å². The molecule has 0 aliphatic rings. The molecule has 1 aromatic rings. The zero-order valence-corrected chi connectivity index (χ0v) is 10.5. The molecule has 4 heteroatoms. The molecular formula is C12H18ClN3. The van der Waals surface area contributed by atoms with Gasteiger partial charge in [0, 0.05) is 18.1 Å². The van der Waals surface area contributed by atoms with Gasteiger partial charge in [-0.05, 0) is 31.5 Å². The Balaban J connectivity index is 2.57. The highest BCUT2D eigenvalue weighted by atomic mass is 35.5. The minimum Gasteiger partial charge on any atom is -0.357 e. The normalized spacial score (nSPS) is 9.69. The molecule has 0 heterocycles. The van der Waals surface area contributed by atoms with E-state index < -0.39 is 0 Å². The van der Waals surface area contributed by atoms with E-state index in [0.29, 0.717) is 6.54 Å². The van der Waals surface area contributed by atoms with Gasteiger partial charge in [-0.3, -0.25) is 0 Å². The predicted octanol–water partition coefficient (Wildman–Crippen LogP) is 2.42. The van der Waals surface area contributed by atoms with Crippen molar-refractivity contribution in [1.29, 1.82) is 0 Å². The van der Waals surface area contributed by atoms with Crippen LogP contribution in [0.4, 0.5) is 0 Å². The van der Waals surface area contributed by atoms with Gasteiger partial charge < -0.3 is 10.6 Å². The molecule has 0 saturated carbocycles. The lowest BCUT2D eigenvalue weighted by Gasteiger charge is -2.08. The molecule has 16 heavy (non-hydrogen) atoms. The Hall–Kier alpha value is -1.22. The number of hydrogen-bond acceptors (Lipinski definition) is 1. The van der Waals surface area contributed by atoms with Gasteiger partial charge in [0.1, 0.15) is 0 Å². The number of nitrogens with zero attached hydrogens (tertiary/aromatic N) is 1. The summed E-state index contributed by atoms with van der Waals surface area (Å²) >= 11 is 5.81. The van der Waals surface area contributed by atoms with Gasteiger partial charge in [0.05, 0.1) is 6.54 Å². The number of aliphatic imine (C=N–C) groups is 1. The lowest BCUT2D eigenvalue weighted by molar-refractivity contribution is 0.839. The van der Waals surface area contributed by atoms with E-state index in [-0.39, 0.29) is 0 Å². The van der Waals surface area contributed by atoms with E-state index in [1.165, 1.54) is 0 Å². The molecule has 0 amide bonds. The van der Waals surface area contributed by atoms with Crippen molar-refractivity contribution in [3.8, 4) is 0 Å². The summed E-state index contributed by atoms with van der Waals surface area (Å²) in [5, 5.41) is 7.11. The number of halogens is 1. The highest BCUT2D eigenvalue weighted by Gasteiger charge is 1.95. The molecule has 88 valence electrons. The summed E-state index contributed by atoms with van der Waals surface area (Å²) in [6.07, 6.45) is 0. The Bertz CT molecular complexity index is 325. The monoisotopic (exact) mass is 239 g/mol. The second-order valence-corrected chi connectivity index (χ2v) is 3.79.